The van der Waals surface area contributed by atoms with Crippen molar-refractivity contribution in [2.45, 2.75) is 290 Å². The highest BCUT2D eigenvalue weighted by Crippen LogP contribution is 2.19. The first-order chi connectivity index (χ1) is 28.9. The van der Waals surface area contributed by atoms with E-state index >= 15 is 0 Å². The Bertz CT molecular complexity index is 804. The number of carbonyl (C=O) groups excluding carboxylic acids is 2. The van der Waals surface area contributed by atoms with Crippen LogP contribution in [0.4, 0.5) is 0 Å². The zero-order valence-corrected chi connectivity index (χ0v) is 41.1. The molecule has 0 saturated carbocycles. The van der Waals surface area contributed by atoms with Crippen molar-refractivity contribution in [2.75, 3.05) is 40.3 Å². The fraction of sp³-hybridized carbons (Fsp3) is 0.962. The molecule has 0 aliphatic carbocycles. The minimum absolute atomic E-state index is 0.0211. The average molecular weight is 835 g/mol. The van der Waals surface area contributed by atoms with Crippen LogP contribution in [0.2, 0.25) is 0 Å². The molecule has 0 heterocycles. The van der Waals surface area contributed by atoms with Gasteiger partial charge in [-0.2, -0.15) is 0 Å². The number of unbranched alkanes of at least 4 members (excludes halogenated alkanes) is 30. The number of ether oxygens (including phenoxy) is 2. The Morgan fingerprint density at radius 3 is 0.915 bits per heavy atom. The first-order valence-electron chi connectivity index (χ1n) is 26.6. The lowest BCUT2D eigenvalue weighted by Gasteiger charge is -2.31. The fourth-order valence-electron chi connectivity index (χ4n) is 8.48. The summed E-state index contributed by atoms with van der Waals surface area (Å²) in [5.74, 6) is -0.0423. The molecular weight excluding hydrogens is 729 g/mol. The quantitative estimate of drug-likeness (QED) is 0.0449. The molecule has 0 aromatic rings. The van der Waals surface area contributed by atoms with Crippen molar-refractivity contribution in [3.63, 3.8) is 0 Å². The van der Waals surface area contributed by atoms with Crippen LogP contribution < -0.4 is 0 Å². The Kier molecular flexibility index (Phi) is 45.5. The Morgan fingerprint density at radius 2 is 0.627 bits per heavy atom. The second-order valence-electron chi connectivity index (χ2n) is 18.8. The van der Waals surface area contributed by atoms with Gasteiger partial charge in [-0.05, 0) is 72.1 Å². The van der Waals surface area contributed by atoms with E-state index in [0.717, 1.165) is 84.0 Å². The monoisotopic (exact) mass is 835 g/mol. The SMILES string of the molecule is CCCCCCCCCCCCCC(=O)OC(CCCCCCCC)CN(CCCN(C)C)CC(CCCCCCCC)OC(=O)CCCCCCCCCCCCC. The minimum Gasteiger partial charge on any atom is -0.461 e. The molecule has 0 aliphatic heterocycles. The summed E-state index contributed by atoms with van der Waals surface area (Å²) in [6.07, 6.45) is 46.7. The van der Waals surface area contributed by atoms with Crippen LogP contribution in [-0.4, -0.2) is 74.2 Å². The number of hydrogen-bond donors (Lipinski definition) is 0. The van der Waals surface area contributed by atoms with E-state index in [2.05, 4.69) is 51.6 Å². The van der Waals surface area contributed by atoms with Gasteiger partial charge in [-0.25, -0.2) is 0 Å². The topological polar surface area (TPSA) is 59.1 Å². The summed E-state index contributed by atoms with van der Waals surface area (Å²) in [6, 6.07) is 0. The van der Waals surface area contributed by atoms with E-state index in [1.165, 1.54) is 180 Å². The maximum absolute atomic E-state index is 13.3. The van der Waals surface area contributed by atoms with Crippen molar-refractivity contribution >= 4 is 11.9 Å². The zero-order chi connectivity index (χ0) is 43.3. The van der Waals surface area contributed by atoms with Crippen molar-refractivity contribution in [3.8, 4) is 0 Å². The number of carbonyl (C=O) groups is 2. The fourth-order valence-corrected chi connectivity index (χ4v) is 8.48. The predicted molar refractivity (Wildman–Crippen MR) is 258 cm³/mol. The highest BCUT2D eigenvalue weighted by molar-refractivity contribution is 5.69. The highest BCUT2D eigenvalue weighted by atomic mass is 16.5. The lowest BCUT2D eigenvalue weighted by atomic mass is 10.0. The van der Waals surface area contributed by atoms with Crippen LogP contribution >= 0.6 is 0 Å². The predicted octanol–water partition coefficient (Wildman–Crippen LogP) is 16.0. The highest BCUT2D eigenvalue weighted by Gasteiger charge is 2.23. The van der Waals surface area contributed by atoms with E-state index in [1.807, 2.05) is 0 Å². The largest absolute Gasteiger partial charge is 0.461 e. The van der Waals surface area contributed by atoms with Gasteiger partial charge in [-0.15, -0.1) is 0 Å². The van der Waals surface area contributed by atoms with Crippen LogP contribution in [0.5, 0.6) is 0 Å². The van der Waals surface area contributed by atoms with Gasteiger partial charge in [0.15, 0.2) is 0 Å². The first-order valence-corrected chi connectivity index (χ1v) is 26.6. The van der Waals surface area contributed by atoms with Crippen LogP contribution in [0.15, 0.2) is 0 Å². The van der Waals surface area contributed by atoms with Gasteiger partial charge in [0, 0.05) is 25.9 Å². The third-order valence-electron chi connectivity index (χ3n) is 12.3. The van der Waals surface area contributed by atoms with Crippen molar-refractivity contribution < 1.29 is 19.1 Å². The lowest BCUT2D eigenvalue weighted by Crippen LogP contribution is -2.42. The first kappa shape index (κ1) is 57.9. The summed E-state index contributed by atoms with van der Waals surface area (Å²) in [5.41, 5.74) is 0. The number of nitrogens with zero attached hydrogens (tertiary/aromatic N) is 2. The third kappa shape index (κ3) is 43.3. The van der Waals surface area contributed by atoms with Crippen molar-refractivity contribution in [1.29, 1.82) is 0 Å². The number of hydrogen-bond acceptors (Lipinski definition) is 6. The maximum Gasteiger partial charge on any atom is 0.306 e. The molecule has 0 spiro atoms. The van der Waals surface area contributed by atoms with E-state index in [-0.39, 0.29) is 24.1 Å². The molecule has 0 aromatic heterocycles. The van der Waals surface area contributed by atoms with E-state index in [4.69, 9.17) is 9.47 Å². The van der Waals surface area contributed by atoms with Gasteiger partial charge >= 0.3 is 11.9 Å². The van der Waals surface area contributed by atoms with E-state index in [0.29, 0.717) is 12.8 Å². The molecule has 0 radical (unpaired) electrons. The Hall–Kier alpha value is -1.14. The molecule has 0 N–H and O–H groups in total. The Labute approximate surface area is 370 Å². The smallest absolute Gasteiger partial charge is 0.306 e. The van der Waals surface area contributed by atoms with Crippen LogP contribution in [0.3, 0.4) is 0 Å². The molecule has 0 saturated heterocycles. The Balaban J connectivity index is 5.36. The van der Waals surface area contributed by atoms with Gasteiger partial charge in [-0.3, -0.25) is 14.5 Å². The van der Waals surface area contributed by atoms with Crippen molar-refractivity contribution in [3.05, 3.63) is 0 Å². The summed E-state index contributed by atoms with van der Waals surface area (Å²) in [6.45, 7) is 12.5. The summed E-state index contributed by atoms with van der Waals surface area (Å²) in [4.78, 5) is 31.4. The molecule has 2 unspecified atom stereocenters. The van der Waals surface area contributed by atoms with Crippen molar-refractivity contribution in [1.82, 2.24) is 9.80 Å². The number of esters is 2. The van der Waals surface area contributed by atoms with Crippen LogP contribution in [0.1, 0.15) is 278 Å². The molecule has 6 nitrogen and oxygen atoms in total. The molecule has 2 atom stereocenters. The summed E-state index contributed by atoms with van der Waals surface area (Å²) in [5, 5.41) is 0. The van der Waals surface area contributed by atoms with E-state index in [9.17, 15) is 9.59 Å². The van der Waals surface area contributed by atoms with Crippen LogP contribution in [0.25, 0.3) is 0 Å². The van der Waals surface area contributed by atoms with Gasteiger partial charge in [0.25, 0.3) is 0 Å². The Morgan fingerprint density at radius 1 is 0.356 bits per heavy atom. The molecule has 0 aromatic carbocycles. The molecule has 59 heavy (non-hydrogen) atoms. The number of rotatable bonds is 48. The molecular formula is C53H106N2O4. The normalized spacial score (nSPS) is 12.7. The molecule has 0 bridgehead atoms. The van der Waals surface area contributed by atoms with Crippen LogP contribution in [0, 0.1) is 0 Å². The van der Waals surface area contributed by atoms with Gasteiger partial charge in [0.2, 0.25) is 0 Å². The molecule has 0 amide bonds. The molecule has 352 valence electrons. The van der Waals surface area contributed by atoms with Crippen molar-refractivity contribution in [2.24, 2.45) is 0 Å². The zero-order valence-electron chi connectivity index (χ0n) is 41.1. The van der Waals surface area contributed by atoms with Gasteiger partial charge in [0.05, 0.1) is 0 Å². The average Bonchev–Trinajstić information content (AvgIpc) is 3.21. The van der Waals surface area contributed by atoms with Gasteiger partial charge in [-0.1, -0.05) is 220 Å². The standard InChI is InChI=1S/C53H106N2O4/c1-7-11-15-19-23-25-27-29-31-35-39-44-52(56)58-50(42-37-33-21-17-13-9-3)48-55(47-41-46-54(5)6)49-51(43-38-34-22-18-14-10-4)59-53(57)45-40-36-32-30-28-26-24-20-16-12-8-2/h50-51H,7-49H2,1-6H3. The minimum atomic E-state index is -0.109. The molecule has 6 heteroatoms. The second-order valence-corrected chi connectivity index (χ2v) is 18.8. The molecule has 0 fully saturated rings. The lowest BCUT2D eigenvalue weighted by molar-refractivity contribution is -0.152. The molecule has 0 aliphatic rings. The van der Waals surface area contributed by atoms with E-state index < -0.39 is 0 Å². The van der Waals surface area contributed by atoms with E-state index in [1.54, 1.807) is 0 Å². The summed E-state index contributed by atoms with van der Waals surface area (Å²) in [7, 11) is 4.28. The van der Waals surface area contributed by atoms with Crippen LogP contribution in [-0.2, 0) is 19.1 Å². The third-order valence-corrected chi connectivity index (χ3v) is 12.3. The van der Waals surface area contributed by atoms with Gasteiger partial charge in [0.1, 0.15) is 12.2 Å². The summed E-state index contributed by atoms with van der Waals surface area (Å²) >= 11 is 0. The maximum atomic E-state index is 13.3. The van der Waals surface area contributed by atoms with Gasteiger partial charge < -0.3 is 14.4 Å². The second kappa shape index (κ2) is 46.4. The molecule has 0 rings (SSSR count). The summed E-state index contributed by atoms with van der Waals surface area (Å²) < 4.78 is 12.7.